The summed E-state index contributed by atoms with van der Waals surface area (Å²) in [7, 11) is 0. The molecule has 0 aliphatic heterocycles. The summed E-state index contributed by atoms with van der Waals surface area (Å²) in [5.74, 6) is -0.555. The highest BCUT2D eigenvalue weighted by Crippen LogP contribution is 2.34. The van der Waals surface area contributed by atoms with Crippen LogP contribution in [0, 0.1) is 5.82 Å². The van der Waals surface area contributed by atoms with Crippen LogP contribution in [0.25, 0.3) is 11.1 Å². The second-order valence-corrected chi connectivity index (χ2v) is 4.25. The lowest BCUT2D eigenvalue weighted by atomic mass is 9.98. The molecule has 0 nitrogen and oxygen atoms in total. The Hall–Kier alpha value is -1.55. The fourth-order valence-electron chi connectivity index (χ4n) is 1.85. The van der Waals surface area contributed by atoms with Crippen LogP contribution in [0.3, 0.4) is 0 Å². The smallest absolute Gasteiger partial charge is 0.206 e. The number of hydrogen-bond donors (Lipinski definition) is 0. The molecule has 0 atom stereocenters. The fraction of sp³-hybridized carbons (Fsp3) is 0.143. The minimum absolute atomic E-state index is 0.0311. The number of hydrogen-bond acceptors (Lipinski definition) is 0. The lowest BCUT2D eigenvalue weighted by Gasteiger charge is -2.12. The lowest BCUT2D eigenvalue weighted by molar-refractivity contribution is -0.137. The van der Waals surface area contributed by atoms with Crippen molar-refractivity contribution >= 4 is 11.6 Å². The number of rotatable bonds is 2. The van der Waals surface area contributed by atoms with E-state index in [1.165, 1.54) is 24.3 Å². The average molecular weight is 289 g/mol. The highest BCUT2D eigenvalue weighted by molar-refractivity contribution is 6.17. The third-order valence-electron chi connectivity index (χ3n) is 2.72. The molecule has 19 heavy (non-hydrogen) atoms. The maximum absolute atomic E-state index is 13.8. The topological polar surface area (TPSA) is 0 Å². The Morgan fingerprint density at radius 3 is 2.32 bits per heavy atom. The molecule has 0 aromatic heterocycles. The van der Waals surface area contributed by atoms with Gasteiger partial charge in [-0.1, -0.05) is 24.3 Å². The third kappa shape index (κ3) is 2.89. The van der Waals surface area contributed by atoms with E-state index in [0.717, 1.165) is 12.1 Å². The van der Waals surface area contributed by atoms with Crippen molar-refractivity contribution in [1.29, 1.82) is 0 Å². The Morgan fingerprint density at radius 2 is 1.68 bits per heavy atom. The van der Waals surface area contributed by atoms with Crippen LogP contribution in [0.2, 0.25) is 0 Å². The molecule has 0 saturated heterocycles. The maximum Gasteiger partial charge on any atom is 0.416 e. The van der Waals surface area contributed by atoms with E-state index in [1.807, 2.05) is 0 Å². The molecule has 0 aliphatic rings. The molecular weight excluding hydrogens is 280 g/mol. The zero-order chi connectivity index (χ0) is 14.0. The summed E-state index contributed by atoms with van der Waals surface area (Å²) in [6.45, 7) is 0. The van der Waals surface area contributed by atoms with Crippen molar-refractivity contribution in [2.24, 2.45) is 0 Å². The largest absolute Gasteiger partial charge is 0.416 e. The van der Waals surface area contributed by atoms with Gasteiger partial charge in [-0.3, -0.25) is 0 Å². The molecular formula is C14H9ClF4. The van der Waals surface area contributed by atoms with Crippen LogP contribution in [-0.4, -0.2) is 0 Å². The first kappa shape index (κ1) is 13.9. The van der Waals surface area contributed by atoms with Gasteiger partial charge in [0, 0.05) is 11.4 Å². The molecule has 0 saturated carbocycles. The lowest BCUT2D eigenvalue weighted by Crippen LogP contribution is -2.05. The standard InChI is InChI=1S/C14H9ClF4/c15-8-10-4-2-6-12(16)13(10)9-3-1-5-11(7-9)14(17,18)19/h1-7H,8H2. The van der Waals surface area contributed by atoms with Crippen molar-refractivity contribution in [3.8, 4) is 11.1 Å². The summed E-state index contributed by atoms with van der Waals surface area (Å²) >= 11 is 5.69. The Balaban J connectivity index is 2.60. The minimum atomic E-state index is -4.46. The van der Waals surface area contributed by atoms with Gasteiger partial charge in [-0.2, -0.15) is 13.2 Å². The molecule has 0 amide bonds. The maximum atomic E-state index is 13.8. The van der Waals surface area contributed by atoms with E-state index in [-0.39, 0.29) is 17.0 Å². The highest BCUT2D eigenvalue weighted by atomic mass is 35.5. The van der Waals surface area contributed by atoms with Crippen LogP contribution in [0.1, 0.15) is 11.1 Å². The van der Waals surface area contributed by atoms with Gasteiger partial charge in [-0.25, -0.2) is 4.39 Å². The summed E-state index contributed by atoms with van der Waals surface area (Å²) < 4.78 is 51.8. The minimum Gasteiger partial charge on any atom is -0.206 e. The second-order valence-electron chi connectivity index (χ2n) is 3.99. The number of benzene rings is 2. The zero-order valence-electron chi connectivity index (χ0n) is 9.64. The first-order valence-corrected chi connectivity index (χ1v) is 5.98. The van der Waals surface area contributed by atoms with Gasteiger partial charge in [0.25, 0.3) is 0 Å². The van der Waals surface area contributed by atoms with Crippen molar-refractivity contribution in [2.75, 3.05) is 0 Å². The molecule has 2 rings (SSSR count). The normalized spacial score (nSPS) is 11.6. The van der Waals surface area contributed by atoms with Crippen LogP contribution < -0.4 is 0 Å². The zero-order valence-corrected chi connectivity index (χ0v) is 10.4. The van der Waals surface area contributed by atoms with Gasteiger partial charge >= 0.3 is 6.18 Å². The van der Waals surface area contributed by atoms with E-state index in [2.05, 4.69) is 0 Å². The summed E-state index contributed by atoms with van der Waals surface area (Å²) in [6, 6.07) is 8.83. The number of alkyl halides is 4. The van der Waals surface area contributed by atoms with Crippen molar-refractivity contribution in [1.82, 2.24) is 0 Å². The molecule has 100 valence electrons. The van der Waals surface area contributed by atoms with Crippen LogP contribution in [0.15, 0.2) is 42.5 Å². The molecule has 0 bridgehead atoms. The molecule has 0 N–H and O–H groups in total. The van der Waals surface area contributed by atoms with E-state index >= 15 is 0 Å². The van der Waals surface area contributed by atoms with Gasteiger partial charge in [0.15, 0.2) is 0 Å². The SMILES string of the molecule is Fc1cccc(CCl)c1-c1cccc(C(F)(F)F)c1. The Morgan fingerprint density at radius 1 is 1.00 bits per heavy atom. The molecule has 2 aromatic carbocycles. The molecule has 0 fully saturated rings. The second kappa shape index (κ2) is 5.21. The van der Waals surface area contributed by atoms with Gasteiger partial charge in [0.1, 0.15) is 5.82 Å². The Labute approximate surface area is 112 Å². The van der Waals surface area contributed by atoms with E-state index in [9.17, 15) is 17.6 Å². The van der Waals surface area contributed by atoms with Gasteiger partial charge in [-0.05, 0) is 29.3 Å². The summed E-state index contributed by atoms with van der Waals surface area (Å²) in [5.41, 5.74) is -0.0676. The first-order valence-electron chi connectivity index (χ1n) is 5.44. The molecule has 2 aromatic rings. The Kier molecular flexibility index (Phi) is 3.80. The quantitative estimate of drug-likeness (QED) is 0.523. The fourth-order valence-corrected chi connectivity index (χ4v) is 2.08. The third-order valence-corrected chi connectivity index (χ3v) is 3.01. The molecule has 0 spiro atoms. The van der Waals surface area contributed by atoms with Crippen molar-refractivity contribution in [3.05, 3.63) is 59.4 Å². The first-order chi connectivity index (χ1) is 8.93. The molecule has 0 heterocycles. The molecule has 5 heteroatoms. The van der Waals surface area contributed by atoms with Crippen molar-refractivity contribution in [3.63, 3.8) is 0 Å². The highest BCUT2D eigenvalue weighted by Gasteiger charge is 2.30. The van der Waals surface area contributed by atoms with Gasteiger partial charge < -0.3 is 0 Å². The predicted octanol–water partition coefficient (Wildman–Crippen LogP) is 5.25. The molecule has 0 unspecified atom stereocenters. The van der Waals surface area contributed by atoms with Crippen LogP contribution in [0.4, 0.5) is 17.6 Å². The van der Waals surface area contributed by atoms with Gasteiger partial charge in [0.05, 0.1) is 5.56 Å². The van der Waals surface area contributed by atoms with Crippen LogP contribution in [0.5, 0.6) is 0 Å². The summed E-state index contributed by atoms with van der Waals surface area (Å²) in [4.78, 5) is 0. The Bertz CT molecular complexity index is 590. The summed E-state index contributed by atoms with van der Waals surface area (Å²) in [5, 5.41) is 0. The van der Waals surface area contributed by atoms with Gasteiger partial charge in [0.2, 0.25) is 0 Å². The monoisotopic (exact) mass is 288 g/mol. The van der Waals surface area contributed by atoms with E-state index in [1.54, 1.807) is 6.07 Å². The van der Waals surface area contributed by atoms with E-state index in [4.69, 9.17) is 11.6 Å². The molecule has 0 radical (unpaired) electrons. The van der Waals surface area contributed by atoms with Crippen molar-refractivity contribution in [2.45, 2.75) is 12.1 Å². The average Bonchev–Trinajstić information content (AvgIpc) is 2.37. The number of halogens is 5. The van der Waals surface area contributed by atoms with Crippen molar-refractivity contribution < 1.29 is 17.6 Å². The van der Waals surface area contributed by atoms with Crippen LogP contribution in [-0.2, 0) is 12.1 Å². The summed E-state index contributed by atoms with van der Waals surface area (Å²) in [6.07, 6.45) is -4.46. The molecule has 0 aliphatic carbocycles. The van der Waals surface area contributed by atoms with Gasteiger partial charge in [-0.15, -0.1) is 11.6 Å². The van der Waals surface area contributed by atoms with E-state index in [0.29, 0.717) is 5.56 Å². The van der Waals surface area contributed by atoms with E-state index < -0.39 is 17.6 Å². The van der Waals surface area contributed by atoms with Crippen LogP contribution >= 0.6 is 11.6 Å². The predicted molar refractivity (Wildman–Crippen MR) is 66.4 cm³/mol.